The van der Waals surface area contributed by atoms with Gasteiger partial charge in [-0.25, -0.2) is 0 Å². The monoisotopic (exact) mass is 430 g/mol. The van der Waals surface area contributed by atoms with Gasteiger partial charge >= 0.3 is 0 Å². The lowest BCUT2D eigenvalue weighted by Crippen LogP contribution is -1.85. The van der Waals surface area contributed by atoms with Gasteiger partial charge in [-0.3, -0.25) is 0 Å². The first kappa shape index (κ1) is 20.9. The third-order valence-corrected chi connectivity index (χ3v) is 7.26. The predicted octanol–water partition coefficient (Wildman–Crippen LogP) is 8.90. The minimum atomic E-state index is 0.958. The molecule has 0 bridgehead atoms. The van der Waals surface area contributed by atoms with Gasteiger partial charge in [-0.05, 0) is 37.6 Å². The summed E-state index contributed by atoms with van der Waals surface area (Å²) >= 11 is 3.61. The van der Waals surface area contributed by atoms with E-state index in [9.17, 15) is 0 Å². The summed E-state index contributed by atoms with van der Waals surface area (Å²) in [5.74, 6) is 2.08. The highest BCUT2D eigenvalue weighted by Gasteiger charge is 2.23. The smallest absolute Gasteiger partial charge is 0.149 e. The molecule has 0 aliphatic heterocycles. The van der Waals surface area contributed by atoms with Crippen LogP contribution in [0.25, 0.3) is 11.3 Å². The fraction of sp³-hybridized carbons (Fsp3) is 0.185. The van der Waals surface area contributed by atoms with Gasteiger partial charge in [0.05, 0.1) is 9.79 Å². The van der Waals surface area contributed by atoms with Crippen LogP contribution in [-0.4, -0.2) is 0 Å². The third-order valence-electron chi connectivity index (χ3n) is 4.89. The molecule has 1 nitrogen and oxygen atoms in total. The molecule has 0 amide bonds. The van der Waals surface area contributed by atoms with Gasteiger partial charge in [-0.1, -0.05) is 103 Å². The van der Waals surface area contributed by atoms with Crippen molar-refractivity contribution in [2.75, 3.05) is 0 Å². The van der Waals surface area contributed by atoms with Crippen molar-refractivity contribution in [1.29, 1.82) is 0 Å². The summed E-state index contributed by atoms with van der Waals surface area (Å²) in [6.45, 7) is 4.35. The molecule has 3 heteroatoms. The first-order valence-corrected chi connectivity index (χ1v) is 12.1. The fourth-order valence-corrected chi connectivity index (χ4v) is 5.46. The van der Waals surface area contributed by atoms with Crippen molar-refractivity contribution in [3.8, 4) is 11.3 Å². The lowest BCUT2D eigenvalue weighted by Gasteiger charge is -2.07. The van der Waals surface area contributed by atoms with E-state index < -0.39 is 0 Å². The van der Waals surface area contributed by atoms with Crippen LogP contribution in [0.3, 0.4) is 0 Å². The number of rotatable bonds is 8. The summed E-state index contributed by atoms with van der Waals surface area (Å²) in [6, 6.07) is 29.8. The van der Waals surface area contributed by atoms with Gasteiger partial charge < -0.3 is 4.42 Å². The standard InChI is InChI=1S/C27H26OS2/c1-3-4-15-24-26(29-22-11-7-5-8-12-22)27(30-23-13-9-6-10-14-23)25(28-24)21-18-16-20(2)17-19-21/h5-14,16-19H,3-4,15H2,1-2H3. The van der Waals surface area contributed by atoms with E-state index in [1.165, 1.54) is 25.1 Å². The zero-order valence-electron chi connectivity index (χ0n) is 17.4. The first-order chi connectivity index (χ1) is 14.7. The highest BCUT2D eigenvalue weighted by Crippen LogP contribution is 2.48. The molecule has 0 atom stereocenters. The van der Waals surface area contributed by atoms with E-state index in [0.29, 0.717) is 0 Å². The summed E-state index contributed by atoms with van der Waals surface area (Å²) in [7, 11) is 0. The number of aryl methyl sites for hydroxylation is 2. The Morgan fingerprint density at radius 2 is 1.27 bits per heavy atom. The molecule has 1 aromatic heterocycles. The molecule has 4 aromatic rings. The molecule has 0 fully saturated rings. The molecular weight excluding hydrogens is 404 g/mol. The van der Waals surface area contributed by atoms with Crippen molar-refractivity contribution >= 4 is 23.5 Å². The number of hydrogen-bond acceptors (Lipinski definition) is 3. The van der Waals surface area contributed by atoms with Crippen molar-refractivity contribution in [2.24, 2.45) is 0 Å². The topological polar surface area (TPSA) is 13.1 Å². The molecule has 30 heavy (non-hydrogen) atoms. The second-order valence-electron chi connectivity index (χ2n) is 7.31. The van der Waals surface area contributed by atoms with E-state index in [1.54, 1.807) is 11.8 Å². The van der Waals surface area contributed by atoms with E-state index in [0.717, 1.165) is 36.3 Å². The van der Waals surface area contributed by atoms with Crippen LogP contribution in [0.1, 0.15) is 31.1 Å². The van der Waals surface area contributed by atoms with Gasteiger partial charge in [0, 0.05) is 21.8 Å². The summed E-state index contributed by atoms with van der Waals surface area (Å²) in [5.41, 5.74) is 2.39. The van der Waals surface area contributed by atoms with E-state index in [4.69, 9.17) is 4.42 Å². The van der Waals surface area contributed by atoms with E-state index in [-0.39, 0.29) is 0 Å². The molecule has 0 saturated carbocycles. The van der Waals surface area contributed by atoms with Gasteiger partial charge in [0.2, 0.25) is 0 Å². The third kappa shape index (κ3) is 5.03. The van der Waals surface area contributed by atoms with Crippen LogP contribution in [0.5, 0.6) is 0 Å². The van der Waals surface area contributed by atoms with Crippen LogP contribution < -0.4 is 0 Å². The van der Waals surface area contributed by atoms with E-state index >= 15 is 0 Å². The molecule has 0 aliphatic carbocycles. The summed E-state index contributed by atoms with van der Waals surface area (Å²) in [6.07, 6.45) is 3.23. The maximum Gasteiger partial charge on any atom is 0.149 e. The number of benzene rings is 3. The molecule has 0 aliphatic rings. The minimum absolute atomic E-state index is 0.958. The molecule has 0 spiro atoms. The van der Waals surface area contributed by atoms with E-state index in [2.05, 4.69) is 98.8 Å². The van der Waals surface area contributed by atoms with Gasteiger partial charge in [-0.2, -0.15) is 0 Å². The van der Waals surface area contributed by atoms with Crippen LogP contribution in [-0.2, 0) is 6.42 Å². The largest absolute Gasteiger partial charge is 0.459 e. The molecule has 1 heterocycles. The Kier molecular flexibility index (Phi) is 7.03. The van der Waals surface area contributed by atoms with Crippen molar-refractivity contribution < 1.29 is 4.42 Å². The maximum absolute atomic E-state index is 6.58. The molecule has 4 rings (SSSR count). The Bertz CT molecular complexity index is 1070. The van der Waals surface area contributed by atoms with Crippen molar-refractivity contribution in [3.05, 3.63) is 96.3 Å². The highest BCUT2D eigenvalue weighted by atomic mass is 32.2. The number of unbranched alkanes of at least 4 members (excludes halogenated alkanes) is 1. The quantitative estimate of drug-likeness (QED) is 0.277. The number of furan rings is 1. The Morgan fingerprint density at radius 3 is 1.83 bits per heavy atom. The zero-order chi connectivity index (χ0) is 20.8. The summed E-state index contributed by atoms with van der Waals surface area (Å²) in [4.78, 5) is 4.93. The van der Waals surface area contributed by atoms with Crippen LogP contribution in [0, 0.1) is 6.92 Å². The lowest BCUT2D eigenvalue weighted by molar-refractivity contribution is 0.502. The van der Waals surface area contributed by atoms with Crippen LogP contribution >= 0.6 is 23.5 Å². The predicted molar refractivity (Wildman–Crippen MR) is 129 cm³/mol. The zero-order valence-corrected chi connectivity index (χ0v) is 19.1. The van der Waals surface area contributed by atoms with Crippen molar-refractivity contribution in [3.63, 3.8) is 0 Å². The summed E-state index contributed by atoms with van der Waals surface area (Å²) < 4.78 is 6.58. The van der Waals surface area contributed by atoms with Crippen LogP contribution in [0.2, 0.25) is 0 Å². The van der Waals surface area contributed by atoms with Crippen molar-refractivity contribution in [2.45, 2.75) is 52.7 Å². The fourth-order valence-electron chi connectivity index (χ4n) is 3.25. The Hall–Kier alpha value is -2.36. The molecule has 0 N–H and O–H groups in total. The molecule has 0 saturated heterocycles. The summed E-state index contributed by atoms with van der Waals surface area (Å²) in [5, 5.41) is 0. The first-order valence-electron chi connectivity index (χ1n) is 10.4. The normalized spacial score (nSPS) is 11.0. The van der Waals surface area contributed by atoms with Crippen LogP contribution in [0.4, 0.5) is 0 Å². The van der Waals surface area contributed by atoms with Gasteiger partial charge in [-0.15, -0.1) is 0 Å². The Balaban J connectivity index is 1.84. The average molecular weight is 431 g/mol. The Morgan fingerprint density at radius 1 is 0.700 bits per heavy atom. The van der Waals surface area contributed by atoms with Crippen LogP contribution in [0.15, 0.2) is 109 Å². The molecule has 0 radical (unpaired) electrons. The number of hydrogen-bond donors (Lipinski definition) is 0. The minimum Gasteiger partial charge on any atom is -0.459 e. The van der Waals surface area contributed by atoms with Crippen molar-refractivity contribution in [1.82, 2.24) is 0 Å². The van der Waals surface area contributed by atoms with Gasteiger partial charge in [0.15, 0.2) is 0 Å². The molecule has 3 aromatic carbocycles. The second-order valence-corrected chi connectivity index (χ2v) is 9.48. The maximum atomic E-state index is 6.58. The molecule has 152 valence electrons. The second kappa shape index (κ2) is 10.1. The Labute approximate surface area is 187 Å². The van der Waals surface area contributed by atoms with Gasteiger partial charge in [0.1, 0.15) is 11.5 Å². The SMILES string of the molecule is CCCCc1oc(-c2ccc(C)cc2)c(Sc2ccccc2)c1Sc1ccccc1. The molecular formula is C27H26OS2. The lowest BCUT2D eigenvalue weighted by atomic mass is 10.1. The average Bonchev–Trinajstić information content (AvgIpc) is 3.11. The molecule has 0 unspecified atom stereocenters. The van der Waals surface area contributed by atoms with Gasteiger partial charge in [0.25, 0.3) is 0 Å². The van der Waals surface area contributed by atoms with E-state index in [1.807, 2.05) is 11.8 Å². The highest BCUT2D eigenvalue weighted by molar-refractivity contribution is 8.02.